The van der Waals surface area contributed by atoms with E-state index in [1.807, 2.05) is 24.6 Å². The summed E-state index contributed by atoms with van der Waals surface area (Å²) in [4.78, 5) is 0. The molecule has 1 aromatic carbocycles. The van der Waals surface area contributed by atoms with Crippen LogP contribution in [0.25, 0.3) is 0 Å². The first-order chi connectivity index (χ1) is 9.58. The first-order valence-corrected chi connectivity index (χ1v) is 7.06. The topological polar surface area (TPSA) is 47.3 Å². The van der Waals surface area contributed by atoms with Gasteiger partial charge in [0, 0.05) is 23.7 Å². The summed E-state index contributed by atoms with van der Waals surface area (Å²) in [5.74, 6) is 0.702. The number of hydrogen-bond donors (Lipinski definition) is 1. The van der Waals surface area contributed by atoms with Gasteiger partial charge in [-0.1, -0.05) is 11.6 Å². The third-order valence-electron chi connectivity index (χ3n) is 2.99. The second kappa shape index (κ2) is 6.77. The largest absolute Gasteiger partial charge is 0.491 e. The summed E-state index contributed by atoms with van der Waals surface area (Å²) in [5, 5.41) is 15.1. The number of halogens is 1. The van der Waals surface area contributed by atoms with Crippen molar-refractivity contribution in [3.05, 3.63) is 46.7 Å². The number of aliphatic hydroxyl groups is 1. The molecule has 2 aromatic rings. The fourth-order valence-corrected chi connectivity index (χ4v) is 2.19. The summed E-state index contributed by atoms with van der Waals surface area (Å²) in [5.41, 5.74) is 1.99. The van der Waals surface area contributed by atoms with E-state index in [9.17, 15) is 5.11 Å². The minimum Gasteiger partial charge on any atom is -0.491 e. The lowest BCUT2D eigenvalue weighted by atomic mass is 10.2. The van der Waals surface area contributed by atoms with Crippen molar-refractivity contribution in [2.24, 2.45) is 0 Å². The highest BCUT2D eigenvalue weighted by Gasteiger charge is 2.11. The van der Waals surface area contributed by atoms with Crippen molar-refractivity contribution >= 4 is 11.6 Å². The quantitative estimate of drug-likeness (QED) is 0.891. The van der Waals surface area contributed by atoms with Gasteiger partial charge in [0.1, 0.15) is 12.4 Å². The molecule has 0 fully saturated rings. The Morgan fingerprint density at radius 2 is 2.05 bits per heavy atom. The SMILES string of the molecule is CCn1nc(C)cc1CC(O)COc1ccc(Cl)cc1. The molecule has 0 bridgehead atoms. The Labute approximate surface area is 123 Å². The van der Waals surface area contributed by atoms with Crippen LogP contribution in [0.1, 0.15) is 18.3 Å². The number of aliphatic hydroxyl groups excluding tert-OH is 1. The Bertz CT molecular complexity index is 552. The number of rotatable bonds is 6. The highest BCUT2D eigenvalue weighted by Crippen LogP contribution is 2.16. The van der Waals surface area contributed by atoms with Crippen LogP contribution < -0.4 is 4.74 Å². The second-order valence-corrected chi connectivity index (χ2v) is 5.15. The zero-order valence-corrected chi connectivity index (χ0v) is 12.5. The maximum atomic E-state index is 10.1. The maximum Gasteiger partial charge on any atom is 0.119 e. The minimum absolute atomic E-state index is 0.246. The van der Waals surface area contributed by atoms with E-state index in [4.69, 9.17) is 16.3 Å². The van der Waals surface area contributed by atoms with Gasteiger partial charge in [-0.2, -0.15) is 5.10 Å². The van der Waals surface area contributed by atoms with Gasteiger partial charge in [0.2, 0.25) is 0 Å². The van der Waals surface area contributed by atoms with Crippen molar-refractivity contribution in [2.75, 3.05) is 6.61 Å². The molecule has 0 amide bonds. The van der Waals surface area contributed by atoms with Gasteiger partial charge in [0.25, 0.3) is 0 Å². The fourth-order valence-electron chi connectivity index (χ4n) is 2.06. The molecule has 0 spiro atoms. The molecule has 108 valence electrons. The Hall–Kier alpha value is -1.52. The van der Waals surface area contributed by atoms with E-state index in [-0.39, 0.29) is 6.61 Å². The van der Waals surface area contributed by atoms with Crippen LogP contribution in [0.4, 0.5) is 0 Å². The summed E-state index contributed by atoms with van der Waals surface area (Å²) in [6.45, 7) is 5.03. The van der Waals surface area contributed by atoms with Gasteiger partial charge in [0.05, 0.1) is 11.8 Å². The first kappa shape index (κ1) is 14.9. The first-order valence-electron chi connectivity index (χ1n) is 6.68. The zero-order chi connectivity index (χ0) is 14.5. The number of nitrogens with zero attached hydrogens (tertiary/aromatic N) is 2. The molecule has 0 aliphatic rings. The van der Waals surface area contributed by atoms with Crippen LogP contribution in [0.5, 0.6) is 5.75 Å². The average Bonchev–Trinajstić information content (AvgIpc) is 2.78. The van der Waals surface area contributed by atoms with Crippen molar-refractivity contribution in [2.45, 2.75) is 32.9 Å². The predicted molar refractivity (Wildman–Crippen MR) is 79.3 cm³/mol. The van der Waals surface area contributed by atoms with Crippen LogP contribution in [-0.4, -0.2) is 27.6 Å². The molecule has 1 aromatic heterocycles. The van der Waals surface area contributed by atoms with E-state index in [0.717, 1.165) is 17.9 Å². The van der Waals surface area contributed by atoms with Crippen LogP contribution in [0.2, 0.25) is 5.02 Å². The molecule has 1 N–H and O–H groups in total. The lowest BCUT2D eigenvalue weighted by Gasteiger charge is -2.13. The van der Waals surface area contributed by atoms with Crippen LogP contribution >= 0.6 is 11.6 Å². The highest BCUT2D eigenvalue weighted by molar-refractivity contribution is 6.30. The van der Waals surface area contributed by atoms with E-state index in [1.54, 1.807) is 24.3 Å². The maximum absolute atomic E-state index is 10.1. The van der Waals surface area contributed by atoms with Gasteiger partial charge >= 0.3 is 0 Å². The Morgan fingerprint density at radius 1 is 1.35 bits per heavy atom. The Morgan fingerprint density at radius 3 is 2.70 bits per heavy atom. The van der Waals surface area contributed by atoms with Crippen molar-refractivity contribution in [3.63, 3.8) is 0 Å². The van der Waals surface area contributed by atoms with Crippen LogP contribution in [-0.2, 0) is 13.0 Å². The second-order valence-electron chi connectivity index (χ2n) is 4.72. The number of benzene rings is 1. The molecule has 0 saturated heterocycles. The lowest BCUT2D eigenvalue weighted by molar-refractivity contribution is 0.106. The van der Waals surface area contributed by atoms with Crippen LogP contribution in [0.3, 0.4) is 0 Å². The van der Waals surface area contributed by atoms with Gasteiger partial charge in [0.15, 0.2) is 0 Å². The monoisotopic (exact) mass is 294 g/mol. The number of aromatic nitrogens is 2. The molecule has 1 atom stereocenters. The third-order valence-corrected chi connectivity index (χ3v) is 3.24. The summed E-state index contributed by atoms with van der Waals surface area (Å²) >= 11 is 5.80. The molecule has 0 aliphatic heterocycles. The molecule has 0 radical (unpaired) electrons. The molecule has 0 saturated carbocycles. The van der Waals surface area contributed by atoms with Crippen molar-refractivity contribution in [1.82, 2.24) is 9.78 Å². The molecular weight excluding hydrogens is 276 g/mol. The van der Waals surface area contributed by atoms with Crippen molar-refractivity contribution < 1.29 is 9.84 Å². The molecule has 0 aliphatic carbocycles. The summed E-state index contributed by atoms with van der Waals surface area (Å²) in [6.07, 6.45) is -0.0329. The van der Waals surface area contributed by atoms with E-state index in [2.05, 4.69) is 5.10 Å². The number of ether oxygens (including phenoxy) is 1. The van der Waals surface area contributed by atoms with Gasteiger partial charge < -0.3 is 9.84 Å². The molecule has 20 heavy (non-hydrogen) atoms. The van der Waals surface area contributed by atoms with Gasteiger partial charge in [-0.05, 0) is 44.2 Å². The Balaban J connectivity index is 1.88. The zero-order valence-electron chi connectivity index (χ0n) is 11.7. The summed E-state index contributed by atoms with van der Waals surface area (Å²) in [6, 6.07) is 9.09. The summed E-state index contributed by atoms with van der Waals surface area (Å²) < 4.78 is 7.44. The number of hydrogen-bond acceptors (Lipinski definition) is 3. The minimum atomic E-state index is -0.563. The molecule has 1 unspecified atom stereocenters. The van der Waals surface area contributed by atoms with Crippen LogP contribution in [0, 0.1) is 6.92 Å². The van der Waals surface area contributed by atoms with Crippen molar-refractivity contribution in [3.8, 4) is 5.75 Å². The summed E-state index contributed by atoms with van der Waals surface area (Å²) in [7, 11) is 0. The molecular formula is C15H19ClN2O2. The van der Waals surface area contributed by atoms with E-state index >= 15 is 0 Å². The third kappa shape index (κ3) is 3.99. The normalized spacial score (nSPS) is 12.4. The number of aryl methyl sites for hydroxylation is 2. The fraction of sp³-hybridized carbons (Fsp3) is 0.400. The average molecular weight is 295 g/mol. The van der Waals surface area contributed by atoms with E-state index in [1.165, 1.54) is 0 Å². The van der Waals surface area contributed by atoms with Gasteiger partial charge in [-0.25, -0.2) is 0 Å². The Kier molecular flexibility index (Phi) is 5.04. The molecule has 1 heterocycles. The molecule has 5 heteroatoms. The lowest BCUT2D eigenvalue weighted by Crippen LogP contribution is -2.21. The predicted octanol–water partition coefficient (Wildman–Crippen LogP) is 2.85. The molecule has 2 rings (SSSR count). The van der Waals surface area contributed by atoms with Crippen LogP contribution in [0.15, 0.2) is 30.3 Å². The standard InChI is InChI=1S/C15H19ClN2O2/c1-3-18-13(8-11(2)17-18)9-14(19)10-20-15-6-4-12(16)5-7-15/h4-8,14,19H,3,9-10H2,1-2H3. The van der Waals surface area contributed by atoms with Crippen molar-refractivity contribution in [1.29, 1.82) is 0 Å². The smallest absolute Gasteiger partial charge is 0.119 e. The van der Waals surface area contributed by atoms with Gasteiger partial charge in [-0.3, -0.25) is 4.68 Å². The molecule has 4 nitrogen and oxygen atoms in total. The van der Waals surface area contributed by atoms with Gasteiger partial charge in [-0.15, -0.1) is 0 Å². The van der Waals surface area contributed by atoms with E-state index < -0.39 is 6.10 Å². The van der Waals surface area contributed by atoms with E-state index in [0.29, 0.717) is 17.2 Å². The highest BCUT2D eigenvalue weighted by atomic mass is 35.5.